The van der Waals surface area contributed by atoms with E-state index in [2.05, 4.69) is 25.0 Å². The molecule has 0 aliphatic carbocycles. The predicted molar refractivity (Wildman–Crippen MR) is 125 cm³/mol. The maximum absolute atomic E-state index is 12.6. The van der Waals surface area contributed by atoms with Gasteiger partial charge in [0.05, 0.1) is 4.90 Å². The number of benzene rings is 2. The zero-order valence-electron chi connectivity index (χ0n) is 17.5. The molecule has 0 atom stereocenters. The first-order valence-corrected chi connectivity index (χ1v) is 11.5. The molecule has 0 aliphatic heterocycles. The molecule has 0 spiro atoms. The first kappa shape index (κ1) is 22.3. The third-order valence-corrected chi connectivity index (χ3v) is 6.04. The molecule has 33 heavy (non-hydrogen) atoms. The van der Waals surface area contributed by atoms with Crippen LogP contribution in [0.15, 0.2) is 64.0 Å². The molecule has 0 aliphatic rings. The number of oxazole rings is 1. The average molecular weight is 481 g/mol. The summed E-state index contributed by atoms with van der Waals surface area (Å²) in [5.74, 6) is 0.148. The number of rotatable bonds is 6. The van der Waals surface area contributed by atoms with Gasteiger partial charge in [0, 0.05) is 28.3 Å². The molecule has 4 rings (SSSR count). The van der Waals surface area contributed by atoms with Gasteiger partial charge in [-0.05, 0) is 62.4 Å². The normalized spacial score (nSPS) is 11.9. The van der Waals surface area contributed by atoms with Crippen LogP contribution >= 0.6 is 11.6 Å². The van der Waals surface area contributed by atoms with Crippen LogP contribution in [-0.2, 0) is 10.0 Å². The van der Waals surface area contributed by atoms with E-state index in [1.165, 1.54) is 18.3 Å². The highest BCUT2D eigenvalue weighted by Gasteiger charge is 2.16. The van der Waals surface area contributed by atoms with E-state index in [0.717, 1.165) is 0 Å². The fraction of sp³-hybridized carbons (Fsp3) is 0.0909. The van der Waals surface area contributed by atoms with Gasteiger partial charge in [-0.25, -0.2) is 28.1 Å². The van der Waals surface area contributed by atoms with Crippen molar-refractivity contribution in [3.05, 3.63) is 77.0 Å². The zero-order valence-corrected chi connectivity index (χ0v) is 19.1. The number of nitrogens with one attached hydrogen (secondary N) is 2. The summed E-state index contributed by atoms with van der Waals surface area (Å²) in [7, 11) is -3.87. The van der Waals surface area contributed by atoms with Gasteiger partial charge in [0.1, 0.15) is 17.2 Å². The quantitative estimate of drug-likeness (QED) is 0.380. The molecule has 0 bridgehead atoms. The highest BCUT2D eigenvalue weighted by Crippen LogP contribution is 2.24. The number of aryl methyl sites for hydroxylation is 2. The topological polar surface area (TPSA) is 134 Å². The van der Waals surface area contributed by atoms with Gasteiger partial charge < -0.3 is 9.73 Å². The minimum atomic E-state index is -3.87. The summed E-state index contributed by atoms with van der Waals surface area (Å²) in [6.45, 7) is 3.51. The minimum Gasteiger partial charge on any atom is -0.435 e. The Hall–Kier alpha value is -3.94. The van der Waals surface area contributed by atoms with Crippen molar-refractivity contribution >= 4 is 49.9 Å². The lowest BCUT2D eigenvalue weighted by Crippen LogP contribution is -2.15. The molecular formula is C22H17ClN6O3S. The van der Waals surface area contributed by atoms with Crippen molar-refractivity contribution in [2.75, 3.05) is 10.0 Å². The Balaban J connectivity index is 1.51. The number of hydrogen-bond donors (Lipinski definition) is 2. The Kier molecular flexibility index (Phi) is 6.00. The lowest BCUT2D eigenvalue weighted by Gasteiger charge is -2.09. The van der Waals surface area contributed by atoms with Crippen LogP contribution < -0.4 is 10.0 Å². The Morgan fingerprint density at radius 1 is 1.06 bits per heavy atom. The van der Waals surface area contributed by atoms with E-state index in [1.807, 2.05) is 6.07 Å². The summed E-state index contributed by atoms with van der Waals surface area (Å²) in [6, 6.07) is 14.7. The Bertz CT molecular complexity index is 1500. The first-order chi connectivity index (χ1) is 15.7. The maximum atomic E-state index is 12.6. The number of hydrogen-bond acceptors (Lipinski definition) is 8. The predicted octanol–water partition coefficient (Wildman–Crippen LogP) is 4.67. The van der Waals surface area contributed by atoms with Crippen LogP contribution in [0.1, 0.15) is 17.3 Å². The van der Waals surface area contributed by atoms with Crippen LogP contribution in [0.25, 0.3) is 16.7 Å². The second-order valence-electron chi connectivity index (χ2n) is 7.05. The van der Waals surface area contributed by atoms with E-state index in [4.69, 9.17) is 16.0 Å². The van der Waals surface area contributed by atoms with Gasteiger partial charge in [-0.3, -0.25) is 0 Å². The summed E-state index contributed by atoms with van der Waals surface area (Å²) < 4.78 is 33.3. The van der Waals surface area contributed by atoms with Crippen LogP contribution in [0.3, 0.4) is 0 Å². The lowest BCUT2D eigenvalue weighted by molar-refractivity contribution is 0.586. The van der Waals surface area contributed by atoms with Crippen molar-refractivity contribution in [2.45, 2.75) is 18.7 Å². The van der Waals surface area contributed by atoms with Gasteiger partial charge >= 0.3 is 0 Å². The monoisotopic (exact) mass is 480 g/mol. The van der Waals surface area contributed by atoms with Crippen molar-refractivity contribution in [2.24, 2.45) is 0 Å². The number of allylic oxidation sites excluding steroid dienone is 1. The summed E-state index contributed by atoms with van der Waals surface area (Å²) >= 11 is 5.96. The number of aromatic nitrogens is 3. The Morgan fingerprint density at radius 2 is 1.76 bits per heavy atom. The number of sulfonamides is 1. The van der Waals surface area contributed by atoms with E-state index in [9.17, 15) is 13.7 Å². The molecule has 11 heteroatoms. The van der Waals surface area contributed by atoms with E-state index in [-0.39, 0.29) is 22.3 Å². The summed E-state index contributed by atoms with van der Waals surface area (Å²) in [4.78, 5) is 12.5. The molecule has 2 heterocycles. The van der Waals surface area contributed by atoms with Gasteiger partial charge in [-0.1, -0.05) is 11.6 Å². The summed E-state index contributed by atoms with van der Waals surface area (Å²) in [5, 5.41) is 12.9. The smallest absolute Gasteiger partial charge is 0.264 e. The largest absolute Gasteiger partial charge is 0.435 e. The molecular weight excluding hydrogens is 464 g/mol. The van der Waals surface area contributed by atoms with Crippen LogP contribution in [0.5, 0.6) is 0 Å². The van der Waals surface area contributed by atoms with E-state index < -0.39 is 10.0 Å². The van der Waals surface area contributed by atoms with Gasteiger partial charge in [0.25, 0.3) is 10.0 Å². The minimum absolute atomic E-state index is 0.0101. The second-order valence-corrected chi connectivity index (χ2v) is 9.17. The van der Waals surface area contributed by atoms with Crippen LogP contribution in [-0.4, -0.2) is 23.4 Å². The van der Waals surface area contributed by atoms with Crippen molar-refractivity contribution in [3.8, 4) is 6.07 Å². The number of fused-ring (bicyclic) bond motifs is 1. The number of nitrogens with zero attached hydrogens (tertiary/aromatic N) is 4. The van der Waals surface area contributed by atoms with Crippen LogP contribution in [0.4, 0.5) is 11.6 Å². The SMILES string of the molecule is Cc1cc(C)nc(NS(=O)(=O)c2ccc(N/C=C(/C#N)c3nc4cc(Cl)ccc4o3)cc2)n1. The lowest BCUT2D eigenvalue weighted by atomic mass is 10.3. The summed E-state index contributed by atoms with van der Waals surface area (Å²) in [5.41, 5.74) is 3.07. The standard InChI is InChI=1S/C22H17ClN6O3S/c1-13-9-14(2)27-22(26-13)29-33(30,31)18-6-4-17(5-7-18)25-12-15(11-24)21-28-19-10-16(23)3-8-20(19)32-21/h3-10,12,25H,1-2H3,(H,26,27,29)/b15-12-. The molecule has 0 unspecified atom stereocenters. The van der Waals surface area contributed by atoms with Gasteiger partial charge in [-0.15, -0.1) is 0 Å². The third-order valence-electron chi connectivity index (χ3n) is 4.46. The summed E-state index contributed by atoms with van der Waals surface area (Å²) in [6.07, 6.45) is 1.43. The Labute approximate surface area is 194 Å². The van der Waals surface area contributed by atoms with Crippen molar-refractivity contribution in [1.82, 2.24) is 15.0 Å². The molecule has 2 aromatic heterocycles. The maximum Gasteiger partial charge on any atom is 0.264 e. The number of anilines is 2. The highest BCUT2D eigenvalue weighted by molar-refractivity contribution is 7.92. The van der Waals surface area contributed by atoms with E-state index in [1.54, 1.807) is 50.2 Å². The molecule has 0 amide bonds. The Morgan fingerprint density at radius 3 is 2.42 bits per heavy atom. The molecule has 9 nitrogen and oxygen atoms in total. The highest BCUT2D eigenvalue weighted by atomic mass is 35.5. The molecule has 2 aromatic carbocycles. The van der Waals surface area contributed by atoms with Crippen molar-refractivity contribution < 1.29 is 12.8 Å². The molecule has 0 fully saturated rings. The zero-order chi connectivity index (χ0) is 23.6. The van der Waals surface area contributed by atoms with Gasteiger partial charge in [0.15, 0.2) is 5.58 Å². The second kappa shape index (κ2) is 8.90. The average Bonchev–Trinajstić information content (AvgIpc) is 3.16. The van der Waals surface area contributed by atoms with Crippen LogP contribution in [0, 0.1) is 25.2 Å². The molecule has 0 saturated heterocycles. The first-order valence-electron chi connectivity index (χ1n) is 9.62. The molecule has 0 radical (unpaired) electrons. The fourth-order valence-electron chi connectivity index (χ4n) is 2.99. The van der Waals surface area contributed by atoms with Gasteiger partial charge in [0.2, 0.25) is 11.8 Å². The molecule has 0 saturated carbocycles. The number of nitriles is 1. The third kappa shape index (κ3) is 5.11. The molecule has 4 aromatic rings. The molecule has 2 N–H and O–H groups in total. The molecule has 166 valence electrons. The van der Waals surface area contributed by atoms with Crippen molar-refractivity contribution in [3.63, 3.8) is 0 Å². The van der Waals surface area contributed by atoms with Crippen molar-refractivity contribution in [1.29, 1.82) is 5.26 Å². The number of halogens is 1. The van der Waals surface area contributed by atoms with Crippen LogP contribution in [0.2, 0.25) is 5.02 Å². The van der Waals surface area contributed by atoms with E-state index >= 15 is 0 Å². The van der Waals surface area contributed by atoms with E-state index in [0.29, 0.717) is 33.2 Å². The fourth-order valence-corrected chi connectivity index (χ4v) is 4.10. The van der Waals surface area contributed by atoms with Gasteiger partial charge in [-0.2, -0.15) is 5.26 Å².